The quantitative estimate of drug-likeness (QED) is 0.240. The fourth-order valence-corrected chi connectivity index (χ4v) is 1.34. The summed E-state index contributed by atoms with van der Waals surface area (Å²) in [6.45, 7) is 0. The molecule has 0 radical (unpaired) electrons. The van der Waals surface area contributed by atoms with Gasteiger partial charge in [-0.1, -0.05) is 12.1 Å². The molecule has 0 saturated heterocycles. The van der Waals surface area contributed by atoms with Gasteiger partial charge < -0.3 is 4.90 Å². The van der Waals surface area contributed by atoms with Gasteiger partial charge in [0.25, 0.3) is 13.3 Å². The SMILES string of the molecule is NNC(=O)c1ccc2c(c1)BN=C2. The van der Waals surface area contributed by atoms with Crippen molar-refractivity contribution in [1.29, 1.82) is 0 Å². The Kier molecular flexibility index (Phi) is 1.86. The Balaban J connectivity index is 2.38. The summed E-state index contributed by atoms with van der Waals surface area (Å²) < 4.78 is 0. The van der Waals surface area contributed by atoms with Crippen LogP contribution in [0.3, 0.4) is 0 Å². The van der Waals surface area contributed by atoms with Gasteiger partial charge in [0.1, 0.15) is 0 Å². The third-order valence-corrected chi connectivity index (χ3v) is 2.03. The van der Waals surface area contributed by atoms with Gasteiger partial charge in [0.05, 0.1) is 0 Å². The molecule has 4 nitrogen and oxygen atoms in total. The van der Waals surface area contributed by atoms with Crippen LogP contribution in [0.1, 0.15) is 15.9 Å². The number of carbonyl (C=O) groups is 1. The molecule has 1 heterocycles. The van der Waals surface area contributed by atoms with Crippen LogP contribution in [0.25, 0.3) is 0 Å². The normalized spacial score (nSPS) is 12.1. The minimum Gasteiger partial charge on any atom is -0.347 e. The molecule has 5 heteroatoms. The van der Waals surface area contributed by atoms with E-state index in [2.05, 4.69) is 10.3 Å². The number of nitrogens with zero attached hydrogens (tertiary/aromatic N) is 1. The molecule has 1 aliphatic rings. The van der Waals surface area contributed by atoms with Gasteiger partial charge in [-0.3, -0.25) is 10.2 Å². The average molecular weight is 173 g/mol. The van der Waals surface area contributed by atoms with E-state index in [4.69, 9.17) is 5.84 Å². The van der Waals surface area contributed by atoms with Crippen molar-refractivity contribution >= 4 is 25.0 Å². The fourth-order valence-electron chi connectivity index (χ4n) is 1.34. The largest absolute Gasteiger partial charge is 0.347 e. The molecule has 0 unspecified atom stereocenters. The Bertz CT molecular complexity index is 389. The molecule has 0 aliphatic carbocycles. The summed E-state index contributed by atoms with van der Waals surface area (Å²) in [6, 6.07) is 5.42. The maximum atomic E-state index is 11.1. The second-order valence-electron chi connectivity index (χ2n) is 2.86. The second kappa shape index (κ2) is 3.03. The van der Waals surface area contributed by atoms with Crippen molar-refractivity contribution in [2.24, 2.45) is 10.7 Å². The molecule has 0 aromatic heterocycles. The summed E-state index contributed by atoms with van der Waals surface area (Å²) in [5.41, 5.74) is 4.82. The number of nitrogen functional groups attached to an aromatic ring is 1. The van der Waals surface area contributed by atoms with Crippen molar-refractivity contribution in [3.63, 3.8) is 0 Å². The van der Waals surface area contributed by atoms with Crippen molar-refractivity contribution in [2.75, 3.05) is 0 Å². The highest BCUT2D eigenvalue weighted by Gasteiger charge is 2.11. The third kappa shape index (κ3) is 1.34. The highest BCUT2D eigenvalue weighted by molar-refractivity contribution is 6.57. The third-order valence-electron chi connectivity index (χ3n) is 2.03. The van der Waals surface area contributed by atoms with Crippen LogP contribution in [0.15, 0.2) is 23.1 Å². The Hall–Kier alpha value is -1.62. The zero-order valence-electron chi connectivity index (χ0n) is 6.95. The molecule has 0 fully saturated rings. The van der Waals surface area contributed by atoms with Gasteiger partial charge in [0, 0.05) is 11.8 Å². The van der Waals surface area contributed by atoms with Crippen LogP contribution < -0.4 is 16.7 Å². The van der Waals surface area contributed by atoms with E-state index < -0.39 is 0 Å². The lowest BCUT2D eigenvalue weighted by Crippen LogP contribution is -2.31. The van der Waals surface area contributed by atoms with Gasteiger partial charge in [-0.05, 0) is 17.1 Å². The van der Waals surface area contributed by atoms with Gasteiger partial charge in [-0.25, -0.2) is 5.84 Å². The van der Waals surface area contributed by atoms with Gasteiger partial charge in [0.15, 0.2) is 0 Å². The van der Waals surface area contributed by atoms with Gasteiger partial charge >= 0.3 is 0 Å². The molecule has 64 valence electrons. The molecule has 1 aromatic rings. The monoisotopic (exact) mass is 173 g/mol. The zero-order chi connectivity index (χ0) is 9.26. The van der Waals surface area contributed by atoms with Gasteiger partial charge in [-0.2, -0.15) is 0 Å². The van der Waals surface area contributed by atoms with E-state index in [1.54, 1.807) is 12.3 Å². The first kappa shape index (κ1) is 8.00. The minimum absolute atomic E-state index is 0.269. The first-order valence-corrected chi connectivity index (χ1v) is 3.95. The first-order valence-electron chi connectivity index (χ1n) is 3.95. The number of carbonyl (C=O) groups excluding carboxylic acids is 1. The number of nitrogens with one attached hydrogen (secondary N) is 1. The summed E-state index contributed by atoms with van der Waals surface area (Å²) in [7, 11) is 0.654. The van der Waals surface area contributed by atoms with Crippen molar-refractivity contribution < 1.29 is 4.79 Å². The Morgan fingerprint density at radius 3 is 3.15 bits per heavy atom. The van der Waals surface area contributed by atoms with Crippen molar-refractivity contribution in [1.82, 2.24) is 5.43 Å². The molecule has 1 aliphatic heterocycles. The fraction of sp³-hybridized carbons (Fsp3) is 0. The van der Waals surface area contributed by atoms with Gasteiger partial charge in [0.2, 0.25) is 0 Å². The molecule has 0 saturated carbocycles. The summed E-state index contributed by atoms with van der Waals surface area (Å²) >= 11 is 0. The van der Waals surface area contributed by atoms with E-state index >= 15 is 0 Å². The first-order chi connectivity index (χ1) is 6.31. The van der Waals surface area contributed by atoms with Crippen molar-refractivity contribution in [2.45, 2.75) is 0 Å². The maximum Gasteiger partial charge on any atom is 0.295 e. The molecule has 13 heavy (non-hydrogen) atoms. The molecule has 0 atom stereocenters. The van der Waals surface area contributed by atoms with Crippen LogP contribution in [0, 0.1) is 0 Å². The molecule has 0 bridgehead atoms. The van der Waals surface area contributed by atoms with Crippen LogP contribution in [0.2, 0.25) is 0 Å². The minimum atomic E-state index is -0.269. The number of fused-ring (bicyclic) bond motifs is 1. The standard InChI is InChI=1S/C8H8BN3O/c10-12-8(13)5-1-2-6-4-11-9-7(6)3-5/h1-4,9H,10H2,(H,12,13). The molecule has 0 spiro atoms. The zero-order valence-corrected chi connectivity index (χ0v) is 6.95. The van der Waals surface area contributed by atoms with Crippen LogP contribution in [0.4, 0.5) is 0 Å². The molecular weight excluding hydrogens is 165 g/mol. The lowest BCUT2D eigenvalue weighted by atomic mass is 9.83. The Morgan fingerprint density at radius 2 is 2.38 bits per heavy atom. The van der Waals surface area contributed by atoms with E-state index in [0.29, 0.717) is 13.0 Å². The number of benzene rings is 1. The lowest BCUT2D eigenvalue weighted by Gasteiger charge is -2.01. The predicted octanol–water partition coefficient (Wildman–Crippen LogP) is -1.30. The molecular formula is C8H8BN3O. The smallest absolute Gasteiger partial charge is 0.295 e. The van der Waals surface area contributed by atoms with Crippen LogP contribution in [0.5, 0.6) is 0 Å². The highest BCUT2D eigenvalue weighted by Crippen LogP contribution is 2.03. The number of rotatable bonds is 1. The van der Waals surface area contributed by atoms with E-state index in [1.165, 1.54) is 0 Å². The van der Waals surface area contributed by atoms with E-state index in [1.807, 2.05) is 12.1 Å². The molecule has 2 rings (SSSR count). The number of amides is 1. The van der Waals surface area contributed by atoms with Crippen molar-refractivity contribution in [3.8, 4) is 0 Å². The Morgan fingerprint density at radius 1 is 1.54 bits per heavy atom. The van der Waals surface area contributed by atoms with E-state index in [-0.39, 0.29) is 5.91 Å². The number of hydrogen-bond acceptors (Lipinski definition) is 3. The van der Waals surface area contributed by atoms with Gasteiger partial charge in [-0.15, -0.1) is 0 Å². The second-order valence-corrected chi connectivity index (χ2v) is 2.86. The lowest BCUT2D eigenvalue weighted by molar-refractivity contribution is 0.0954. The topological polar surface area (TPSA) is 67.5 Å². The Labute approximate surface area is 76.1 Å². The summed E-state index contributed by atoms with van der Waals surface area (Å²) in [4.78, 5) is 15.2. The van der Waals surface area contributed by atoms with Crippen LogP contribution in [-0.4, -0.2) is 19.5 Å². The predicted molar refractivity (Wildman–Crippen MR) is 52.5 cm³/mol. The summed E-state index contributed by atoms with van der Waals surface area (Å²) in [5.74, 6) is 4.75. The van der Waals surface area contributed by atoms with Crippen LogP contribution >= 0.6 is 0 Å². The molecule has 1 aromatic carbocycles. The average Bonchev–Trinajstić information content (AvgIpc) is 2.63. The molecule has 3 N–H and O–H groups in total. The molecule has 1 amide bonds. The van der Waals surface area contributed by atoms with Crippen molar-refractivity contribution in [3.05, 3.63) is 29.3 Å². The number of hydrazine groups is 1. The van der Waals surface area contributed by atoms with Crippen LogP contribution in [-0.2, 0) is 0 Å². The summed E-state index contributed by atoms with van der Waals surface area (Å²) in [6.07, 6.45) is 1.81. The highest BCUT2D eigenvalue weighted by atomic mass is 16.2. The number of nitrogens with two attached hydrogens (primary N) is 1. The number of hydrogen-bond donors (Lipinski definition) is 2. The maximum absolute atomic E-state index is 11.1. The summed E-state index contributed by atoms with van der Waals surface area (Å²) in [5, 5.41) is 0. The van der Waals surface area contributed by atoms with E-state index in [0.717, 1.165) is 11.0 Å². The van der Waals surface area contributed by atoms with E-state index in [9.17, 15) is 4.79 Å².